The van der Waals surface area contributed by atoms with E-state index in [2.05, 4.69) is 10.6 Å². The summed E-state index contributed by atoms with van der Waals surface area (Å²) in [6.45, 7) is 0. The Bertz CT molecular complexity index is 637. The lowest BCUT2D eigenvalue weighted by Crippen LogP contribution is -2.51. The summed E-state index contributed by atoms with van der Waals surface area (Å²) in [7, 11) is -2.98. The fourth-order valence-electron chi connectivity index (χ4n) is 3.57. The maximum Gasteiger partial charge on any atom is 0.315 e. The summed E-state index contributed by atoms with van der Waals surface area (Å²) in [5.41, 5.74) is 0.810. The van der Waals surface area contributed by atoms with E-state index in [1.807, 2.05) is 30.3 Å². The van der Waals surface area contributed by atoms with E-state index in [1.54, 1.807) is 0 Å². The molecule has 3 rings (SSSR count). The summed E-state index contributed by atoms with van der Waals surface area (Å²) in [4.78, 5) is 12.3. The second-order valence-electron chi connectivity index (χ2n) is 6.35. The zero-order chi connectivity index (χ0) is 15.6. The molecule has 1 aliphatic heterocycles. The van der Waals surface area contributed by atoms with Crippen molar-refractivity contribution in [2.24, 2.45) is 0 Å². The van der Waals surface area contributed by atoms with Gasteiger partial charge in [-0.2, -0.15) is 0 Å². The maximum atomic E-state index is 12.3. The molecule has 1 aliphatic carbocycles. The lowest BCUT2D eigenvalue weighted by molar-refractivity contribution is 0.221. The molecule has 1 atom stereocenters. The van der Waals surface area contributed by atoms with E-state index in [4.69, 9.17) is 0 Å². The molecule has 0 radical (unpaired) electrons. The van der Waals surface area contributed by atoms with Crippen LogP contribution in [0.2, 0.25) is 0 Å². The van der Waals surface area contributed by atoms with Crippen molar-refractivity contribution in [1.29, 1.82) is 0 Å². The van der Waals surface area contributed by atoms with E-state index in [-0.39, 0.29) is 29.1 Å². The number of urea groups is 1. The molecule has 1 aromatic rings. The predicted octanol–water partition coefficient (Wildman–Crippen LogP) is 1.94. The van der Waals surface area contributed by atoms with Gasteiger partial charge < -0.3 is 10.6 Å². The second-order valence-corrected chi connectivity index (χ2v) is 8.58. The van der Waals surface area contributed by atoms with Crippen LogP contribution in [0.3, 0.4) is 0 Å². The minimum Gasteiger partial charge on any atom is -0.334 e. The molecule has 1 heterocycles. The number of sulfone groups is 1. The van der Waals surface area contributed by atoms with Gasteiger partial charge in [0, 0.05) is 6.04 Å². The van der Waals surface area contributed by atoms with Crippen LogP contribution in [0, 0.1) is 0 Å². The average molecular weight is 322 g/mol. The first-order valence-electron chi connectivity index (χ1n) is 7.84. The zero-order valence-electron chi connectivity index (χ0n) is 12.5. The van der Waals surface area contributed by atoms with Crippen molar-refractivity contribution in [3.8, 4) is 0 Å². The highest BCUT2D eigenvalue weighted by Crippen LogP contribution is 2.38. The topological polar surface area (TPSA) is 75.3 Å². The van der Waals surface area contributed by atoms with E-state index in [9.17, 15) is 13.2 Å². The summed E-state index contributed by atoms with van der Waals surface area (Å²) >= 11 is 0. The molecule has 0 bridgehead atoms. The fraction of sp³-hybridized carbons (Fsp3) is 0.562. The molecule has 1 unspecified atom stereocenters. The van der Waals surface area contributed by atoms with Gasteiger partial charge in [-0.15, -0.1) is 0 Å². The molecule has 5 nitrogen and oxygen atoms in total. The Labute approximate surface area is 131 Å². The van der Waals surface area contributed by atoms with E-state index in [1.165, 1.54) is 0 Å². The monoisotopic (exact) mass is 322 g/mol. The van der Waals surface area contributed by atoms with Gasteiger partial charge in [-0.1, -0.05) is 43.2 Å². The van der Waals surface area contributed by atoms with Gasteiger partial charge in [0.05, 0.1) is 17.0 Å². The molecule has 120 valence electrons. The summed E-state index contributed by atoms with van der Waals surface area (Å²) in [6, 6.07) is 9.51. The first-order valence-corrected chi connectivity index (χ1v) is 9.66. The Morgan fingerprint density at radius 3 is 2.41 bits per heavy atom. The van der Waals surface area contributed by atoms with Gasteiger partial charge in [-0.25, -0.2) is 13.2 Å². The van der Waals surface area contributed by atoms with E-state index in [0.717, 1.165) is 31.2 Å². The van der Waals surface area contributed by atoms with Crippen LogP contribution in [0.5, 0.6) is 0 Å². The lowest BCUT2D eigenvalue weighted by Gasteiger charge is -2.31. The predicted molar refractivity (Wildman–Crippen MR) is 85.3 cm³/mol. The Morgan fingerprint density at radius 2 is 1.82 bits per heavy atom. The molecule has 2 amide bonds. The normalized spacial score (nSPS) is 25.7. The highest BCUT2D eigenvalue weighted by atomic mass is 32.2. The zero-order valence-corrected chi connectivity index (χ0v) is 13.4. The number of hydrogen-bond donors (Lipinski definition) is 2. The summed E-state index contributed by atoms with van der Waals surface area (Å²) in [5.74, 6) is 0.223. The molecule has 1 saturated heterocycles. The van der Waals surface area contributed by atoms with Crippen LogP contribution in [-0.4, -0.2) is 32.0 Å². The minimum atomic E-state index is -2.98. The third-order valence-corrected chi connectivity index (χ3v) is 6.47. The summed E-state index contributed by atoms with van der Waals surface area (Å²) < 4.78 is 23.0. The van der Waals surface area contributed by atoms with Crippen molar-refractivity contribution >= 4 is 15.9 Å². The Kier molecular flexibility index (Phi) is 4.12. The standard InChI is InChI=1S/C16H22N2O3S/c19-15(17-14-8-11-22(20,21)12-14)18-16(9-4-5-10-16)13-6-2-1-3-7-13/h1-3,6-7,14H,4-5,8-12H2,(H2,17,18,19). The van der Waals surface area contributed by atoms with Crippen molar-refractivity contribution in [2.45, 2.75) is 43.7 Å². The number of nitrogens with one attached hydrogen (secondary N) is 2. The van der Waals surface area contributed by atoms with Gasteiger partial charge in [0.2, 0.25) is 0 Å². The highest BCUT2D eigenvalue weighted by molar-refractivity contribution is 7.91. The molecular formula is C16H22N2O3S. The molecule has 1 saturated carbocycles. The second kappa shape index (κ2) is 5.91. The van der Waals surface area contributed by atoms with E-state index < -0.39 is 9.84 Å². The fourth-order valence-corrected chi connectivity index (χ4v) is 5.24. The number of carbonyl (C=O) groups is 1. The van der Waals surface area contributed by atoms with Crippen LogP contribution in [0.4, 0.5) is 4.79 Å². The Hall–Kier alpha value is -1.56. The molecular weight excluding hydrogens is 300 g/mol. The molecule has 1 aromatic carbocycles. The summed E-state index contributed by atoms with van der Waals surface area (Å²) in [5, 5.41) is 5.94. The third-order valence-electron chi connectivity index (χ3n) is 4.70. The number of amides is 2. The van der Waals surface area contributed by atoms with Gasteiger partial charge in [0.15, 0.2) is 9.84 Å². The van der Waals surface area contributed by atoms with Crippen LogP contribution in [-0.2, 0) is 15.4 Å². The highest BCUT2D eigenvalue weighted by Gasteiger charge is 2.38. The number of rotatable bonds is 3. The molecule has 0 aromatic heterocycles. The lowest BCUT2D eigenvalue weighted by atomic mass is 9.88. The van der Waals surface area contributed by atoms with Gasteiger partial charge in [0.1, 0.15) is 0 Å². The molecule has 22 heavy (non-hydrogen) atoms. The summed E-state index contributed by atoms with van der Waals surface area (Å²) in [6.07, 6.45) is 4.54. The third kappa shape index (κ3) is 3.27. The minimum absolute atomic E-state index is 0.0543. The number of hydrogen-bond acceptors (Lipinski definition) is 3. The average Bonchev–Trinajstić information content (AvgIpc) is 3.07. The van der Waals surface area contributed by atoms with Gasteiger partial charge in [-0.3, -0.25) is 0 Å². The Balaban J connectivity index is 1.68. The maximum absolute atomic E-state index is 12.3. The van der Waals surface area contributed by atoms with Gasteiger partial charge in [-0.05, 0) is 24.8 Å². The largest absolute Gasteiger partial charge is 0.334 e. The first kappa shape index (κ1) is 15.3. The molecule has 2 fully saturated rings. The van der Waals surface area contributed by atoms with E-state index >= 15 is 0 Å². The molecule has 2 aliphatic rings. The van der Waals surface area contributed by atoms with Crippen LogP contribution in [0.15, 0.2) is 30.3 Å². The van der Waals surface area contributed by atoms with Crippen LogP contribution in [0.25, 0.3) is 0 Å². The molecule has 0 spiro atoms. The Morgan fingerprint density at radius 1 is 1.14 bits per heavy atom. The van der Waals surface area contributed by atoms with Crippen molar-refractivity contribution < 1.29 is 13.2 Å². The van der Waals surface area contributed by atoms with Crippen LogP contribution < -0.4 is 10.6 Å². The van der Waals surface area contributed by atoms with Crippen molar-refractivity contribution in [3.63, 3.8) is 0 Å². The van der Waals surface area contributed by atoms with Crippen molar-refractivity contribution in [3.05, 3.63) is 35.9 Å². The number of benzene rings is 1. The number of carbonyl (C=O) groups excluding carboxylic acids is 1. The van der Waals surface area contributed by atoms with Crippen molar-refractivity contribution in [1.82, 2.24) is 10.6 Å². The first-order chi connectivity index (χ1) is 10.5. The van der Waals surface area contributed by atoms with Crippen LogP contribution >= 0.6 is 0 Å². The van der Waals surface area contributed by atoms with E-state index in [0.29, 0.717) is 6.42 Å². The van der Waals surface area contributed by atoms with Crippen LogP contribution in [0.1, 0.15) is 37.7 Å². The van der Waals surface area contributed by atoms with Crippen molar-refractivity contribution in [2.75, 3.05) is 11.5 Å². The van der Waals surface area contributed by atoms with Gasteiger partial charge >= 0.3 is 6.03 Å². The molecule has 2 N–H and O–H groups in total. The quantitative estimate of drug-likeness (QED) is 0.893. The molecule has 6 heteroatoms. The van der Waals surface area contributed by atoms with Gasteiger partial charge in [0.25, 0.3) is 0 Å². The SMILES string of the molecule is O=C(NC1CCS(=O)(=O)C1)NC1(c2ccccc2)CCCC1. The smallest absolute Gasteiger partial charge is 0.315 e.